The normalized spacial score (nSPS) is 32.2. The van der Waals surface area contributed by atoms with Crippen molar-refractivity contribution >= 4 is 0 Å². The first-order valence-corrected chi connectivity index (χ1v) is 5.06. The fourth-order valence-corrected chi connectivity index (χ4v) is 1.42. The summed E-state index contributed by atoms with van der Waals surface area (Å²) in [5.74, 6) is -1.08. The maximum Gasteiger partial charge on any atom is 0.299 e. The number of nitrogens with one attached hydrogen (secondary N) is 1. The minimum atomic E-state index is -1.52. The molecule has 0 bridgehead atoms. The van der Waals surface area contributed by atoms with Crippen LogP contribution in [0.4, 0.5) is 4.39 Å². The van der Waals surface area contributed by atoms with Gasteiger partial charge in [0.25, 0.3) is 11.6 Å². The summed E-state index contributed by atoms with van der Waals surface area (Å²) < 4.78 is 22.5. The van der Waals surface area contributed by atoms with Gasteiger partial charge in [-0.15, -0.1) is 0 Å². The van der Waals surface area contributed by atoms with Gasteiger partial charge in [-0.2, -0.15) is 4.39 Å². The second-order valence-corrected chi connectivity index (χ2v) is 3.73. The van der Waals surface area contributed by atoms with E-state index in [9.17, 15) is 24.5 Å². The Balaban J connectivity index is 2.09. The van der Waals surface area contributed by atoms with Crippen molar-refractivity contribution in [2.45, 2.75) is 24.6 Å². The highest BCUT2D eigenvalue weighted by Crippen LogP contribution is 2.17. The van der Waals surface area contributed by atoms with Crippen molar-refractivity contribution in [3.05, 3.63) is 22.4 Å². The van der Waals surface area contributed by atoms with E-state index in [1.807, 2.05) is 4.98 Å². The molecular weight excluding hydrogens is 251 g/mol. The molecule has 1 saturated heterocycles. The lowest BCUT2D eigenvalue weighted by molar-refractivity contribution is -0.243. The van der Waals surface area contributed by atoms with Crippen LogP contribution in [-0.2, 0) is 4.74 Å². The summed E-state index contributed by atoms with van der Waals surface area (Å²) in [5, 5.41) is 28.1. The van der Waals surface area contributed by atoms with Crippen LogP contribution >= 0.6 is 0 Å². The van der Waals surface area contributed by atoms with Crippen molar-refractivity contribution in [3.8, 4) is 6.01 Å². The third kappa shape index (κ3) is 2.48. The minimum Gasteiger partial charge on any atom is -0.432 e. The second-order valence-electron chi connectivity index (χ2n) is 3.73. The Morgan fingerprint density at radius 2 is 2.17 bits per heavy atom. The fourth-order valence-electron chi connectivity index (χ4n) is 1.42. The van der Waals surface area contributed by atoms with Gasteiger partial charge in [-0.25, -0.2) is 4.98 Å². The van der Waals surface area contributed by atoms with Gasteiger partial charge in [0.1, 0.15) is 18.3 Å². The first-order chi connectivity index (χ1) is 8.49. The SMILES string of the molecule is O=c1[nH]c(O[C@@H]2OC[C@@H](O)[C@@H](O)[C@H]2O)ncc1F. The van der Waals surface area contributed by atoms with E-state index < -0.39 is 36.0 Å². The molecule has 0 unspecified atom stereocenters. The van der Waals surface area contributed by atoms with E-state index in [1.54, 1.807) is 0 Å². The van der Waals surface area contributed by atoms with Crippen molar-refractivity contribution in [1.82, 2.24) is 9.97 Å². The van der Waals surface area contributed by atoms with E-state index in [0.717, 1.165) is 0 Å². The molecule has 4 N–H and O–H groups in total. The van der Waals surface area contributed by atoms with Crippen molar-refractivity contribution < 1.29 is 29.2 Å². The molecule has 0 saturated carbocycles. The van der Waals surface area contributed by atoms with Gasteiger partial charge in [-0.05, 0) is 0 Å². The van der Waals surface area contributed by atoms with E-state index in [1.165, 1.54) is 0 Å². The highest BCUT2D eigenvalue weighted by atomic mass is 19.1. The van der Waals surface area contributed by atoms with Crippen LogP contribution in [0.1, 0.15) is 0 Å². The van der Waals surface area contributed by atoms with Gasteiger partial charge in [0.2, 0.25) is 12.1 Å². The Labute approximate surface area is 99.6 Å². The van der Waals surface area contributed by atoms with Crippen LogP contribution < -0.4 is 10.3 Å². The number of nitrogens with zero attached hydrogens (tertiary/aromatic N) is 1. The molecule has 1 fully saturated rings. The Kier molecular flexibility index (Phi) is 3.57. The number of H-pyrrole nitrogens is 1. The Morgan fingerprint density at radius 1 is 1.44 bits per heavy atom. The number of hydrogen-bond donors (Lipinski definition) is 4. The Morgan fingerprint density at radius 3 is 2.83 bits per heavy atom. The van der Waals surface area contributed by atoms with Gasteiger partial charge in [0.05, 0.1) is 12.8 Å². The topological polar surface area (TPSA) is 125 Å². The maximum atomic E-state index is 12.7. The van der Waals surface area contributed by atoms with Gasteiger partial charge in [-0.1, -0.05) is 0 Å². The summed E-state index contributed by atoms with van der Waals surface area (Å²) >= 11 is 0. The zero-order chi connectivity index (χ0) is 13.3. The first kappa shape index (κ1) is 12.9. The van der Waals surface area contributed by atoms with Crippen LogP contribution in [0.2, 0.25) is 0 Å². The number of aromatic nitrogens is 2. The van der Waals surface area contributed by atoms with Crippen LogP contribution in [0.15, 0.2) is 11.0 Å². The predicted octanol–water partition coefficient (Wildman–Crippen LogP) is -2.27. The molecule has 0 aromatic carbocycles. The monoisotopic (exact) mass is 262 g/mol. The van der Waals surface area contributed by atoms with Crippen molar-refractivity contribution in [2.24, 2.45) is 0 Å². The number of ether oxygens (including phenoxy) is 2. The number of aliphatic hydroxyl groups excluding tert-OH is 3. The van der Waals surface area contributed by atoms with E-state index in [2.05, 4.69) is 4.98 Å². The van der Waals surface area contributed by atoms with Crippen LogP contribution in [0.3, 0.4) is 0 Å². The molecular formula is C9H11FN2O6. The number of rotatable bonds is 2. The Bertz CT molecular complexity index is 480. The van der Waals surface area contributed by atoms with Gasteiger partial charge in [0.15, 0.2) is 0 Å². The number of hydrogen-bond acceptors (Lipinski definition) is 7. The van der Waals surface area contributed by atoms with E-state index in [0.29, 0.717) is 6.20 Å². The van der Waals surface area contributed by atoms with Crippen LogP contribution in [0.5, 0.6) is 6.01 Å². The molecule has 1 aromatic heterocycles. The van der Waals surface area contributed by atoms with Crippen molar-refractivity contribution in [1.29, 1.82) is 0 Å². The molecule has 1 aliphatic rings. The summed E-state index contributed by atoms with van der Waals surface area (Å²) in [7, 11) is 0. The van der Waals surface area contributed by atoms with Crippen LogP contribution in [0.25, 0.3) is 0 Å². The summed E-state index contributed by atoms with van der Waals surface area (Å²) in [5.41, 5.74) is -1.04. The lowest BCUT2D eigenvalue weighted by Crippen LogP contribution is -2.55. The molecule has 0 aliphatic carbocycles. The molecule has 1 aromatic rings. The molecule has 8 nitrogen and oxygen atoms in total. The quantitative estimate of drug-likeness (QED) is 0.473. The smallest absolute Gasteiger partial charge is 0.299 e. The van der Waals surface area contributed by atoms with E-state index >= 15 is 0 Å². The average molecular weight is 262 g/mol. The van der Waals surface area contributed by atoms with E-state index in [4.69, 9.17) is 9.47 Å². The summed E-state index contributed by atoms with van der Waals surface area (Å²) in [4.78, 5) is 16.3. The van der Waals surface area contributed by atoms with Gasteiger partial charge in [-0.3, -0.25) is 9.78 Å². The largest absolute Gasteiger partial charge is 0.432 e. The third-order valence-electron chi connectivity index (χ3n) is 2.41. The predicted molar refractivity (Wildman–Crippen MR) is 53.2 cm³/mol. The number of halogens is 1. The average Bonchev–Trinajstić information content (AvgIpc) is 2.34. The molecule has 100 valence electrons. The van der Waals surface area contributed by atoms with Gasteiger partial charge >= 0.3 is 0 Å². The molecule has 0 amide bonds. The molecule has 4 atom stereocenters. The summed E-state index contributed by atoms with van der Waals surface area (Å²) in [6.45, 7) is -0.256. The zero-order valence-electron chi connectivity index (χ0n) is 8.99. The fraction of sp³-hybridized carbons (Fsp3) is 0.556. The number of aliphatic hydroxyl groups is 3. The molecule has 9 heteroatoms. The number of aromatic amines is 1. The molecule has 18 heavy (non-hydrogen) atoms. The van der Waals surface area contributed by atoms with Gasteiger partial charge < -0.3 is 24.8 Å². The lowest BCUT2D eigenvalue weighted by atomic mass is 10.1. The standard InChI is InChI=1S/C9H11FN2O6/c10-3-1-11-9(12-7(3)16)18-8-6(15)5(14)4(13)2-17-8/h1,4-6,8,13-15H,2H2,(H,11,12,16)/t4-,5-,6-,8+/m1/s1. The second kappa shape index (κ2) is 4.98. The molecule has 1 aliphatic heterocycles. The third-order valence-corrected chi connectivity index (χ3v) is 2.41. The molecule has 0 spiro atoms. The molecule has 2 rings (SSSR count). The molecule has 2 heterocycles. The summed E-state index contributed by atoms with van der Waals surface area (Å²) in [6.07, 6.45) is -4.88. The molecule has 0 radical (unpaired) electrons. The van der Waals surface area contributed by atoms with Crippen LogP contribution in [-0.4, -0.2) is 56.5 Å². The maximum absolute atomic E-state index is 12.7. The van der Waals surface area contributed by atoms with Crippen molar-refractivity contribution in [2.75, 3.05) is 6.61 Å². The zero-order valence-corrected chi connectivity index (χ0v) is 8.99. The highest BCUT2D eigenvalue weighted by Gasteiger charge is 2.39. The van der Waals surface area contributed by atoms with E-state index in [-0.39, 0.29) is 12.6 Å². The lowest BCUT2D eigenvalue weighted by Gasteiger charge is -2.34. The Hall–Kier alpha value is -1.55. The van der Waals surface area contributed by atoms with Crippen molar-refractivity contribution in [3.63, 3.8) is 0 Å². The highest BCUT2D eigenvalue weighted by molar-refractivity contribution is 4.98. The van der Waals surface area contributed by atoms with Gasteiger partial charge in [0, 0.05) is 0 Å². The summed E-state index contributed by atoms with van der Waals surface area (Å²) in [6, 6.07) is -0.367. The van der Waals surface area contributed by atoms with Crippen LogP contribution in [0, 0.1) is 5.82 Å². The minimum absolute atomic E-state index is 0.256. The first-order valence-electron chi connectivity index (χ1n) is 5.06.